The smallest absolute Gasteiger partial charge is 0.456 e. The first-order valence-electron chi connectivity index (χ1n) is 32.8. The average molecular weight is 1090 g/mol. The Labute approximate surface area is 472 Å². The number of esters is 1. The molecule has 76 heavy (non-hydrogen) atoms. The highest BCUT2D eigenvalue weighted by molar-refractivity contribution is 7.47. The van der Waals surface area contributed by atoms with Gasteiger partial charge in [0.15, 0.2) is 0 Å². The Morgan fingerprint density at radius 2 is 0.803 bits per heavy atom. The molecule has 0 saturated carbocycles. The van der Waals surface area contributed by atoms with Gasteiger partial charge >= 0.3 is 13.8 Å². The summed E-state index contributed by atoms with van der Waals surface area (Å²) in [6, 6.07) is -0.843. The lowest BCUT2D eigenvalue weighted by Gasteiger charge is -2.27. The molecule has 2 N–H and O–H groups in total. The molecule has 448 valence electrons. The van der Waals surface area contributed by atoms with Crippen LogP contribution in [0.3, 0.4) is 0 Å². The maximum atomic E-state index is 13.6. The van der Waals surface area contributed by atoms with Gasteiger partial charge in [0.05, 0.1) is 33.8 Å². The van der Waals surface area contributed by atoms with E-state index in [0.717, 1.165) is 64.2 Å². The molecule has 10 heteroatoms. The molecule has 1 amide bonds. The Hall–Kier alpha value is -1.77. The second-order valence-electron chi connectivity index (χ2n) is 23.6. The van der Waals surface area contributed by atoms with Crippen LogP contribution in [0.4, 0.5) is 0 Å². The number of carbonyl (C=O) groups is 2. The Kier molecular flexibility index (Phi) is 55.2. The van der Waals surface area contributed by atoms with Crippen LogP contribution in [0.5, 0.6) is 0 Å². The SMILES string of the molecule is CCCCC/C=C\C/C=C\CCCCCCCCCCCCCCCCCC(=O)NC(COP(=O)(O)OCC[N+](C)(C)C)C(/C=C\CCCCCCCCCCC)OC(=O)CCCCCCCCCCCCCCCC. The minimum absolute atomic E-state index is 0.0432. The summed E-state index contributed by atoms with van der Waals surface area (Å²) in [5.41, 5.74) is 0. The maximum absolute atomic E-state index is 13.6. The van der Waals surface area contributed by atoms with E-state index < -0.39 is 20.0 Å². The number of unbranched alkanes of at least 4 members (excludes halogenated alkanes) is 40. The highest BCUT2D eigenvalue weighted by Gasteiger charge is 2.30. The second-order valence-corrected chi connectivity index (χ2v) is 25.1. The zero-order valence-corrected chi connectivity index (χ0v) is 52.2. The van der Waals surface area contributed by atoms with Crippen LogP contribution in [0.1, 0.15) is 323 Å². The Morgan fingerprint density at radius 3 is 1.21 bits per heavy atom. The molecule has 0 saturated heterocycles. The molecular weight excluding hydrogens is 964 g/mol. The van der Waals surface area contributed by atoms with E-state index in [1.807, 2.05) is 33.3 Å². The second kappa shape index (κ2) is 56.5. The Morgan fingerprint density at radius 1 is 0.461 bits per heavy atom. The summed E-state index contributed by atoms with van der Waals surface area (Å²) < 4.78 is 30.7. The van der Waals surface area contributed by atoms with Crippen molar-refractivity contribution in [3.05, 3.63) is 36.5 Å². The van der Waals surface area contributed by atoms with Gasteiger partial charge in [0.2, 0.25) is 5.91 Å². The van der Waals surface area contributed by atoms with E-state index in [2.05, 4.69) is 50.4 Å². The topological polar surface area (TPSA) is 111 Å². The molecule has 0 aromatic heterocycles. The van der Waals surface area contributed by atoms with E-state index in [9.17, 15) is 19.0 Å². The first-order chi connectivity index (χ1) is 36.9. The van der Waals surface area contributed by atoms with Gasteiger partial charge in [0.25, 0.3) is 0 Å². The molecule has 0 fully saturated rings. The molecule has 0 heterocycles. The van der Waals surface area contributed by atoms with Gasteiger partial charge in [-0.25, -0.2) is 4.57 Å². The third-order valence-corrected chi connectivity index (χ3v) is 15.8. The summed E-state index contributed by atoms with van der Waals surface area (Å²) in [4.78, 5) is 37.7. The highest BCUT2D eigenvalue weighted by Crippen LogP contribution is 2.43. The number of amides is 1. The van der Waals surface area contributed by atoms with E-state index in [0.29, 0.717) is 23.9 Å². The van der Waals surface area contributed by atoms with Crippen molar-refractivity contribution in [3.8, 4) is 0 Å². The Balaban J connectivity index is 5.02. The summed E-state index contributed by atoms with van der Waals surface area (Å²) in [7, 11) is 1.51. The molecule has 0 aromatic carbocycles. The molecule has 0 bridgehead atoms. The fraction of sp³-hybridized carbons (Fsp3) is 0.879. The number of likely N-dealkylation sites (N-methyl/N-ethyl adjacent to an activating group) is 1. The summed E-state index contributed by atoms with van der Waals surface area (Å²) in [5, 5.41) is 3.07. The minimum Gasteiger partial charge on any atom is -0.456 e. The zero-order chi connectivity index (χ0) is 55.7. The molecule has 0 radical (unpaired) electrons. The number of ether oxygens (including phenoxy) is 1. The number of hydrogen-bond donors (Lipinski definition) is 2. The van der Waals surface area contributed by atoms with Crippen LogP contribution in [0.15, 0.2) is 36.5 Å². The van der Waals surface area contributed by atoms with Crippen molar-refractivity contribution >= 4 is 19.7 Å². The lowest BCUT2D eigenvalue weighted by molar-refractivity contribution is -0.870. The number of rotatable bonds is 60. The van der Waals surface area contributed by atoms with E-state index >= 15 is 0 Å². The number of allylic oxidation sites excluding steroid dienone is 5. The standard InChI is InChI=1S/C66H127N2O7P/c1-7-10-13-16-19-22-25-27-29-30-31-32-33-34-35-36-37-38-39-40-43-46-49-52-55-58-65(69)67-63(62-74-76(71,72)73-61-60-68(4,5)6)64(57-54-51-48-45-42-24-21-18-15-12-9-3)75-66(70)59-56-53-50-47-44-41-28-26-23-20-17-14-11-8-2/h19,22,27,29,54,57,63-64H,7-18,20-21,23-26,28,30-53,55-56,58-62H2,1-6H3,(H-,67,69,71,72)/p+1/b22-19-,29-27-,57-54-. The van der Waals surface area contributed by atoms with Crippen molar-refractivity contribution in [1.29, 1.82) is 0 Å². The minimum atomic E-state index is -4.44. The number of nitrogens with zero attached hydrogens (tertiary/aromatic N) is 1. The van der Waals surface area contributed by atoms with Crippen molar-refractivity contribution in [2.75, 3.05) is 40.9 Å². The van der Waals surface area contributed by atoms with Crippen LogP contribution < -0.4 is 5.32 Å². The van der Waals surface area contributed by atoms with Crippen LogP contribution in [-0.2, 0) is 27.9 Å². The maximum Gasteiger partial charge on any atom is 0.472 e. The lowest BCUT2D eigenvalue weighted by Crippen LogP contribution is -2.47. The van der Waals surface area contributed by atoms with Crippen LogP contribution in [0.2, 0.25) is 0 Å². The van der Waals surface area contributed by atoms with Gasteiger partial charge in [-0.1, -0.05) is 282 Å². The monoisotopic (exact) mass is 1090 g/mol. The number of phosphoric acid groups is 1. The van der Waals surface area contributed by atoms with Gasteiger partial charge in [-0.15, -0.1) is 0 Å². The molecule has 0 aromatic rings. The Bertz CT molecular complexity index is 1400. The number of carbonyl (C=O) groups excluding carboxylic acids is 2. The molecule has 3 unspecified atom stereocenters. The third-order valence-electron chi connectivity index (χ3n) is 14.8. The first kappa shape index (κ1) is 74.2. The molecule has 0 aliphatic heterocycles. The molecular formula is C66H128N2O7P+. The fourth-order valence-electron chi connectivity index (χ4n) is 9.74. The predicted octanol–water partition coefficient (Wildman–Crippen LogP) is 20.3. The van der Waals surface area contributed by atoms with E-state index in [1.54, 1.807) is 0 Å². The number of nitrogens with one attached hydrogen (secondary N) is 1. The summed E-state index contributed by atoms with van der Waals surface area (Å²) in [6.07, 6.45) is 68.6. The van der Waals surface area contributed by atoms with Crippen molar-refractivity contribution in [1.82, 2.24) is 5.32 Å². The van der Waals surface area contributed by atoms with Crippen LogP contribution in [0.25, 0.3) is 0 Å². The van der Waals surface area contributed by atoms with Crippen molar-refractivity contribution in [3.63, 3.8) is 0 Å². The lowest BCUT2D eigenvalue weighted by atomic mass is 10.0. The van der Waals surface area contributed by atoms with Gasteiger partial charge in [0, 0.05) is 12.8 Å². The first-order valence-corrected chi connectivity index (χ1v) is 34.3. The van der Waals surface area contributed by atoms with Gasteiger partial charge in [0.1, 0.15) is 19.3 Å². The largest absolute Gasteiger partial charge is 0.472 e. The van der Waals surface area contributed by atoms with Crippen LogP contribution >= 0.6 is 7.82 Å². The van der Waals surface area contributed by atoms with Gasteiger partial charge < -0.3 is 19.4 Å². The van der Waals surface area contributed by atoms with Crippen molar-refractivity contribution in [2.24, 2.45) is 0 Å². The van der Waals surface area contributed by atoms with Gasteiger partial charge in [-0.2, -0.15) is 0 Å². The zero-order valence-electron chi connectivity index (χ0n) is 51.3. The summed E-state index contributed by atoms with van der Waals surface area (Å²) in [6.45, 7) is 7.02. The van der Waals surface area contributed by atoms with E-state index in [1.165, 1.54) is 225 Å². The quantitative estimate of drug-likeness (QED) is 0.0205. The predicted molar refractivity (Wildman–Crippen MR) is 328 cm³/mol. The molecule has 0 aliphatic carbocycles. The molecule has 0 aliphatic rings. The van der Waals surface area contributed by atoms with Crippen molar-refractivity contribution < 1.29 is 37.3 Å². The van der Waals surface area contributed by atoms with E-state index in [4.69, 9.17) is 13.8 Å². The summed E-state index contributed by atoms with van der Waals surface area (Å²) in [5.74, 6) is -0.490. The normalized spacial score (nSPS) is 13.8. The highest BCUT2D eigenvalue weighted by atomic mass is 31.2. The van der Waals surface area contributed by atoms with Gasteiger partial charge in [-0.05, 0) is 63.9 Å². The number of quaternary nitrogens is 1. The number of phosphoric ester groups is 1. The van der Waals surface area contributed by atoms with Crippen molar-refractivity contribution in [2.45, 2.75) is 335 Å². The van der Waals surface area contributed by atoms with Gasteiger partial charge in [-0.3, -0.25) is 18.6 Å². The van der Waals surface area contributed by atoms with Crippen LogP contribution in [0, 0.1) is 0 Å². The van der Waals surface area contributed by atoms with Crippen LogP contribution in [-0.4, -0.2) is 74.3 Å². The number of hydrogen-bond acceptors (Lipinski definition) is 6. The molecule has 0 spiro atoms. The fourth-order valence-corrected chi connectivity index (χ4v) is 10.5. The average Bonchev–Trinajstić information content (AvgIpc) is 3.38. The summed E-state index contributed by atoms with van der Waals surface area (Å²) >= 11 is 0. The third kappa shape index (κ3) is 56.9. The van der Waals surface area contributed by atoms with E-state index in [-0.39, 0.29) is 25.1 Å². The molecule has 0 rings (SSSR count). The molecule has 3 atom stereocenters. The molecule has 9 nitrogen and oxygen atoms in total.